The van der Waals surface area contributed by atoms with Crippen LogP contribution in [0.3, 0.4) is 0 Å². The Labute approximate surface area is 113 Å². The summed E-state index contributed by atoms with van der Waals surface area (Å²) in [6, 6.07) is 10.8. The van der Waals surface area contributed by atoms with Crippen molar-refractivity contribution in [2.24, 2.45) is 7.05 Å². The lowest BCUT2D eigenvalue weighted by molar-refractivity contribution is 0.969. The first-order chi connectivity index (χ1) is 8.24. The predicted octanol–water partition coefficient (Wildman–Crippen LogP) is 3.84. The molecule has 2 heterocycles. The lowest BCUT2D eigenvalue weighted by atomic mass is 10.1. The minimum Gasteiger partial charge on any atom is -0.351 e. The van der Waals surface area contributed by atoms with Crippen molar-refractivity contribution < 1.29 is 0 Å². The van der Waals surface area contributed by atoms with Crippen molar-refractivity contribution in [2.75, 3.05) is 0 Å². The van der Waals surface area contributed by atoms with E-state index >= 15 is 0 Å². The van der Waals surface area contributed by atoms with Crippen LogP contribution in [0, 0.1) is 3.57 Å². The molecule has 0 aliphatic heterocycles. The van der Waals surface area contributed by atoms with Gasteiger partial charge in [-0.15, -0.1) is 0 Å². The number of aryl methyl sites for hydroxylation is 1. The summed E-state index contributed by atoms with van der Waals surface area (Å²) in [6.45, 7) is 0. The van der Waals surface area contributed by atoms with Gasteiger partial charge < -0.3 is 4.57 Å². The first-order valence-corrected chi connectivity index (χ1v) is 6.48. The minimum atomic E-state index is 1.16. The molecule has 0 saturated heterocycles. The molecule has 0 bridgehead atoms. The molecule has 0 radical (unpaired) electrons. The molecule has 17 heavy (non-hydrogen) atoms. The van der Waals surface area contributed by atoms with Gasteiger partial charge in [0.1, 0.15) is 0 Å². The van der Waals surface area contributed by atoms with Crippen molar-refractivity contribution in [1.29, 1.82) is 0 Å². The van der Waals surface area contributed by atoms with Crippen molar-refractivity contribution in [1.82, 2.24) is 9.55 Å². The number of aromatic nitrogens is 2. The number of nitrogens with zero attached hydrogens (tertiary/aromatic N) is 2. The van der Waals surface area contributed by atoms with Crippen LogP contribution in [0.5, 0.6) is 0 Å². The fourth-order valence-corrected chi connectivity index (χ4v) is 2.51. The Hall–Kier alpha value is -1.36. The molecular weight excluding hydrogens is 323 g/mol. The van der Waals surface area contributed by atoms with Gasteiger partial charge in [-0.2, -0.15) is 0 Å². The molecule has 0 aliphatic carbocycles. The number of fused-ring (bicyclic) bond motifs is 1. The normalized spacial score (nSPS) is 10.9. The third kappa shape index (κ3) is 1.95. The van der Waals surface area contributed by atoms with Crippen LogP contribution >= 0.6 is 22.6 Å². The molecule has 3 aromatic rings. The van der Waals surface area contributed by atoms with Crippen LogP contribution < -0.4 is 0 Å². The standard InChI is InChI=1S/C14H11IN2/c1-17-5-4-10-2-3-11(7-14(10)17)12-6-13(15)9-16-8-12/h2-9H,1H3. The Morgan fingerprint density at radius 3 is 2.76 bits per heavy atom. The summed E-state index contributed by atoms with van der Waals surface area (Å²) in [7, 11) is 2.07. The zero-order valence-electron chi connectivity index (χ0n) is 9.39. The summed E-state index contributed by atoms with van der Waals surface area (Å²) in [5.41, 5.74) is 3.63. The zero-order chi connectivity index (χ0) is 11.8. The van der Waals surface area contributed by atoms with Crippen molar-refractivity contribution in [3.05, 3.63) is 52.5 Å². The van der Waals surface area contributed by atoms with E-state index in [4.69, 9.17) is 0 Å². The highest BCUT2D eigenvalue weighted by Gasteiger charge is 2.02. The lowest BCUT2D eigenvalue weighted by Gasteiger charge is -2.03. The van der Waals surface area contributed by atoms with Crippen LogP contribution in [0.2, 0.25) is 0 Å². The summed E-state index contributed by atoms with van der Waals surface area (Å²) in [5, 5.41) is 1.27. The SMILES string of the molecule is Cn1ccc2ccc(-c3cncc(I)c3)cc21. The first kappa shape index (κ1) is 10.8. The highest BCUT2D eigenvalue weighted by molar-refractivity contribution is 14.1. The maximum atomic E-state index is 4.24. The van der Waals surface area contributed by atoms with Crippen molar-refractivity contribution in [3.63, 3.8) is 0 Å². The van der Waals surface area contributed by atoms with Gasteiger partial charge in [0.2, 0.25) is 0 Å². The van der Waals surface area contributed by atoms with Crippen molar-refractivity contribution >= 4 is 33.5 Å². The fraction of sp³-hybridized carbons (Fsp3) is 0.0714. The Bertz CT molecular complexity index is 686. The molecule has 0 fully saturated rings. The van der Waals surface area contributed by atoms with E-state index in [1.165, 1.54) is 22.0 Å². The van der Waals surface area contributed by atoms with E-state index in [1.807, 2.05) is 12.4 Å². The molecule has 2 aromatic heterocycles. The molecule has 0 unspecified atom stereocenters. The Balaban J connectivity index is 2.20. The van der Waals surface area contributed by atoms with Gasteiger partial charge in [-0.05, 0) is 51.7 Å². The number of halogens is 1. The lowest BCUT2D eigenvalue weighted by Crippen LogP contribution is -1.86. The monoisotopic (exact) mass is 334 g/mol. The van der Waals surface area contributed by atoms with Gasteiger partial charge in [0, 0.05) is 40.3 Å². The van der Waals surface area contributed by atoms with Crippen LogP contribution in [-0.4, -0.2) is 9.55 Å². The van der Waals surface area contributed by atoms with E-state index in [9.17, 15) is 0 Å². The smallest absolute Gasteiger partial charge is 0.0483 e. The molecule has 0 aliphatic rings. The summed E-state index contributed by atoms with van der Waals surface area (Å²) >= 11 is 2.29. The molecule has 3 heteroatoms. The quantitative estimate of drug-likeness (QED) is 0.618. The molecule has 0 N–H and O–H groups in total. The van der Waals surface area contributed by atoms with Crippen LogP contribution in [0.4, 0.5) is 0 Å². The second kappa shape index (κ2) is 4.14. The minimum absolute atomic E-state index is 1.16. The number of pyridine rings is 1. The van der Waals surface area contributed by atoms with Gasteiger partial charge in [0.05, 0.1) is 0 Å². The highest BCUT2D eigenvalue weighted by Crippen LogP contribution is 2.25. The second-order valence-corrected chi connectivity index (χ2v) is 5.34. The number of rotatable bonds is 1. The molecule has 1 aromatic carbocycles. The molecule has 0 atom stereocenters. The van der Waals surface area contributed by atoms with Gasteiger partial charge >= 0.3 is 0 Å². The van der Waals surface area contributed by atoms with Crippen molar-refractivity contribution in [2.45, 2.75) is 0 Å². The van der Waals surface area contributed by atoms with Gasteiger partial charge in [0.15, 0.2) is 0 Å². The Morgan fingerprint density at radius 2 is 1.94 bits per heavy atom. The third-order valence-electron chi connectivity index (χ3n) is 2.93. The Morgan fingerprint density at radius 1 is 1.06 bits per heavy atom. The zero-order valence-corrected chi connectivity index (χ0v) is 11.5. The van der Waals surface area contributed by atoms with Crippen LogP contribution in [0.15, 0.2) is 48.9 Å². The maximum absolute atomic E-state index is 4.24. The molecule has 0 amide bonds. The molecule has 3 rings (SSSR count). The molecular formula is C14H11IN2. The maximum Gasteiger partial charge on any atom is 0.0483 e. The largest absolute Gasteiger partial charge is 0.351 e. The van der Waals surface area contributed by atoms with E-state index in [1.54, 1.807) is 0 Å². The average molecular weight is 334 g/mol. The van der Waals surface area contributed by atoms with E-state index in [0.717, 1.165) is 3.57 Å². The van der Waals surface area contributed by atoms with E-state index in [0.29, 0.717) is 0 Å². The highest BCUT2D eigenvalue weighted by atomic mass is 127. The Kier molecular flexibility index (Phi) is 2.63. The summed E-state index contributed by atoms with van der Waals surface area (Å²) in [4.78, 5) is 4.24. The average Bonchev–Trinajstić information content (AvgIpc) is 2.71. The van der Waals surface area contributed by atoms with E-state index in [2.05, 4.69) is 75.7 Å². The van der Waals surface area contributed by atoms with E-state index in [-0.39, 0.29) is 0 Å². The predicted molar refractivity (Wildman–Crippen MR) is 78.9 cm³/mol. The second-order valence-electron chi connectivity index (χ2n) is 4.09. The fourth-order valence-electron chi connectivity index (χ4n) is 2.01. The summed E-state index contributed by atoms with van der Waals surface area (Å²) in [6.07, 6.45) is 5.86. The van der Waals surface area contributed by atoms with Crippen LogP contribution in [0.25, 0.3) is 22.0 Å². The van der Waals surface area contributed by atoms with Gasteiger partial charge in [-0.3, -0.25) is 4.98 Å². The number of hydrogen-bond donors (Lipinski definition) is 0. The molecule has 0 spiro atoms. The van der Waals surface area contributed by atoms with Gasteiger partial charge in [0.25, 0.3) is 0 Å². The van der Waals surface area contributed by atoms with E-state index < -0.39 is 0 Å². The van der Waals surface area contributed by atoms with Crippen molar-refractivity contribution in [3.8, 4) is 11.1 Å². The van der Waals surface area contributed by atoms with Crippen LogP contribution in [-0.2, 0) is 7.05 Å². The topological polar surface area (TPSA) is 17.8 Å². The first-order valence-electron chi connectivity index (χ1n) is 5.40. The number of hydrogen-bond acceptors (Lipinski definition) is 1. The third-order valence-corrected chi connectivity index (χ3v) is 3.52. The number of benzene rings is 1. The summed E-state index contributed by atoms with van der Waals surface area (Å²) in [5.74, 6) is 0. The molecule has 0 saturated carbocycles. The summed E-state index contributed by atoms with van der Waals surface area (Å²) < 4.78 is 3.30. The van der Waals surface area contributed by atoms with Crippen LogP contribution in [0.1, 0.15) is 0 Å². The van der Waals surface area contributed by atoms with Gasteiger partial charge in [-0.1, -0.05) is 12.1 Å². The molecule has 2 nitrogen and oxygen atoms in total. The van der Waals surface area contributed by atoms with Gasteiger partial charge in [-0.25, -0.2) is 0 Å². The molecule has 84 valence electrons.